The van der Waals surface area contributed by atoms with E-state index in [9.17, 15) is 0 Å². The zero-order valence-corrected chi connectivity index (χ0v) is 16.5. The maximum atomic E-state index is 8.55. The molecule has 0 fully saturated rings. The predicted molar refractivity (Wildman–Crippen MR) is 36.7 cm³/mol. The summed E-state index contributed by atoms with van der Waals surface area (Å²) < 4.78 is 17.1. The molecule has 1 unspecified atom stereocenters. The standard InChI is InChI=1S/AsH3.Ga.In.2H3O4P/c;;;2*1-5(2,3)4/h1H3;;;2*(H3,1,2,3,4)/q;2*+3;;/p-6. The molecule has 0 aliphatic rings. The van der Waals surface area contributed by atoms with Crippen LogP contribution < -0.4 is 29.4 Å². The maximum Gasteiger partial charge on any atom is 3.00 e. The van der Waals surface area contributed by atoms with Gasteiger partial charge in [-0.25, -0.2) is 0 Å². The Balaban J connectivity index is -0.0000000267. The van der Waals surface area contributed by atoms with E-state index in [4.69, 9.17) is 38.5 Å². The van der Waals surface area contributed by atoms with Crippen LogP contribution >= 0.6 is 15.6 Å². The zero-order chi connectivity index (χ0) is 9.00. The summed E-state index contributed by atoms with van der Waals surface area (Å²) in [6, 6.07) is 0. The second kappa shape index (κ2) is 12.4. The van der Waals surface area contributed by atoms with Gasteiger partial charge in [0.05, 0.1) is 0 Å². The molecule has 0 aromatic rings. The molecule has 0 saturated heterocycles. The van der Waals surface area contributed by atoms with Gasteiger partial charge in [0, 0.05) is 0 Å². The summed E-state index contributed by atoms with van der Waals surface area (Å²) in [5.74, 6) is 0. The Morgan fingerprint density at radius 3 is 0.692 bits per heavy atom. The Hall–Kier alpha value is 2.28. The van der Waals surface area contributed by atoms with Gasteiger partial charge in [-0.3, -0.25) is 0 Å². The van der Waals surface area contributed by atoms with E-state index in [1.54, 1.807) is 0 Å². The summed E-state index contributed by atoms with van der Waals surface area (Å²) >= 11 is 0. The van der Waals surface area contributed by atoms with E-state index in [0.29, 0.717) is 0 Å². The molecule has 0 aliphatic heterocycles. The van der Waals surface area contributed by atoms with Crippen molar-refractivity contribution in [2.24, 2.45) is 0 Å². The van der Waals surface area contributed by atoms with Gasteiger partial charge < -0.3 is 38.5 Å². The molecular formula is H3AsGaInO8P2. The van der Waals surface area contributed by atoms with Crippen molar-refractivity contribution >= 4 is 79.2 Å². The molecule has 0 radical (unpaired) electrons. The fraction of sp³-hybridized carbons (Fsp3) is 0. The number of hydrogen-bond donors (Lipinski definition) is 0. The van der Waals surface area contributed by atoms with Gasteiger partial charge in [0.1, 0.15) is 0 Å². The van der Waals surface area contributed by atoms with Crippen LogP contribution in [0, 0.1) is 0 Å². The van der Waals surface area contributed by atoms with E-state index in [0.717, 1.165) is 0 Å². The van der Waals surface area contributed by atoms with Crippen molar-refractivity contribution in [1.82, 2.24) is 0 Å². The Labute approximate surface area is 117 Å². The maximum absolute atomic E-state index is 8.55. The first-order valence-electron chi connectivity index (χ1n) is 1.46. The monoisotopic (exact) mass is 452 g/mol. The average Bonchev–Trinajstić information content (AvgIpc) is 1.12. The molecule has 1 atom stereocenters. The van der Waals surface area contributed by atoms with E-state index in [1.165, 1.54) is 0 Å². The van der Waals surface area contributed by atoms with Gasteiger partial charge >= 0.3 is 63.6 Å². The van der Waals surface area contributed by atoms with Gasteiger partial charge in [0.2, 0.25) is 0 Å². The summed E-state index contributed by atoms with van der Waals surface area (Å²) in [6.07, 6.45) is 0. The number of hydrogen-bond acceptors (Lipinski definition) is 8. The van der Waals surface area contributed by atoms with Crippen molar-refractivity contribution < 1.29 is 38.5 Å². The van der Waals surface area contributed by atoms with Crippen molar-refractivity contribution in [1.29, 1.82) is 0 Å². The molecule has 72 valence electrons. The van der Waals surface area contributed by atoms with Crippen molar-refractivity contribution in [2.75, 3.05) is 0 Å². The molecule has 0 amide bonds. The third-order valence-electron chi connectivity index (χ3n) is 0. The second-order valence-corrected chi connectivity index (χ2v) is 2.68. The summed E-state index contributed by atoms with van der Waals surface area (Å²) in [5, 5.41) is 0. The summed E-state index contributed by atoms with van der Waals surface area (Å²) in [5.41, 5.74) is 0. The van der Waals surface area contributed by atoms with Gasteiger partial charge in [-0.2, -0.15) is 15.6 Å². The Bertz CT molecular complexity index is 134. The fourth-order valence-electron chi connectivity index (χ4n) is 0. The zero-order valence-electron chi connectivity index (χ0n) is 6.02. The summed E-state index contributed by atoms with van der Waals surface area (Å²) in [4.78, 5) is 51.3. The van der Waals surface area contributed by atoms with E-state index >= 15 is 0 Å². The SMILES string of the molecule is O=P([O-])([O-])[O-].O=P([O-])([O-])[O-].[AsH3].[Ga+3].[In+3]. The van der Waals surface area contributed by atoms with Crippen molar-refractivity contribution in [3.63, 3.8) is 0 Å². The predicted octanol–water partition coefficient (Wildman–Crippen LogP) is -7.59. The first kappa shape index (κ1) is 29.5. The van der Waals surface area contributed by atoms with Crippen LogP contribution in [0.15, 0.2) is 0 Å². The molecule has 0 saturated carbocycles. The molecule has 0 aromatic heterocycles. The number of phosphoric acid groups is 2. The van der Waals surface area contributed by atoms with Gasteiger partial charge in [0.15, 0.2) is 0 Å². The van der Waals surface area contributed by atoms with Crippen molar-refractivity contribution in [3.8, 4) is 0 Å². The minimum atomic E-state index is -5.39. The Kier molecular flexibility index (Phi) is 28.0. The van der Waals surface area contributed by atoms with Crippen LogP contribution in [0.4, 0.5) is 0 Å². The van der Waals surface area contributed by atoms with Crippen LogP contribution in [0.1, 0.15) is 0 Å². The Morgan fingerprint density at radius 1 is 0.692 bits per heavy atom. The van der Waals surface area contributed by atoms with Gasteiger partial charge in [0.25, 0.3) is 0 Å². The third-order valence-corrected chi connectivity index (χ3v) is 0. The smallest absolute Gasteiger partial charge is 3.00 e. The van der Waals surface area contributed by atoms with E-state index in [2.05, 4.69) is 0 Å². The van der Waals surface area contributed by atoms with Crippen LogP contribution in [0.2, 0.25) is 0 Å². The number of rotatable bonds is 0. The van der Waals surface area contributed by atoms with Gasteiger partial charge in [-0.1, -0.05) is 0 Å². The normalized spacial score (nSPS) is 9.08. The molecule has 0 aliphatic carbocycles. The second-order valence-electron chi connectivity index (χ2n) is 0.894. The Morgan fingerprint density at radius 2 is 0.692 bits per heavy atom. The molecule has 0 heterocycles. The average molecular weight is 452 g/mol. The minimum Gasteiger partial charge on any atom is 3.00 e. The fourth-order valence-corrected chi connectivity index (χ4v) is 0. The van der Waals surface area contributed by atoms with Crippen LogP contribution in [0.5, 0.6) is 0 Å². The quantitative estimate of drug-likeness (QED) is 0.257. The van der Waals surface area contributed by atoms with E-state index < -0.39 is 15.6 Å². The van der Waals surface area contributed by atoms with Crippen LogP contribution in [-0.4, -0.2) is 63.6 Å². The van der Waals surface area contributed by atoms with Crippen LogP contribution in [0.3, 0.4) is 0 Å². The first-order valence-corrected chi connectivity index (χ1v) is 4.38. The molecule has 0 N–H and O–H groups in total. The van der Waals surface area contributed by atoms with Gasteiger partial charge in [-0.05, 0) is 0 Å². The van der Waals surface area contributed by atoms with E-state index in [1.807, 2.05) is 0 Å². The molecule has 0 aromatic carbocycles. The summed E-state index contributed by atoms with van der Waals surface area (Å²) in [7, 11) is -10.8. The molecule has 13 heteroatoms. The molecule has 8 nitrogen and oxygen atoms in total. The summed E-state index contributed by atoms with van der Waals surface area (Å²) in [6.45, 7) is 0. The molecule has 13 heavy (non-hydrogen) atoms. The van der Waals surface area contributed by atoms with Gasteiger partial charge in [-0.15, -0.1) is 0 Å². The van der Waals surface area contributed by atoms with E-state index in [-0.39, 0.29) is 63.6 Å². The third kappa shape index (κ3) is 413. The topological polar surface area (TPSA) is 172 Å². The first-order chi connectivity index (χ1) is 4.00. The van der Waals surface area contributed by atoms with Crippen LogP contribution in [0.25, 0.3) is 0 Å². The molecular weight excluding hydrogens is 449 g/mol. The minimum absolute atomic E-state index is 0. The van der Waals surface area contributed by atoms with Crippen molar-refractivity contribution in [3.05, 3.63) is 0 Å². The van der Waals surface area contributed by atoms with Crippen LogP contribution in [-0.2, 0) is 9.13 Å². The molecule has 0 rings (SSSR count). The molecule has 0 spiro atoms. The molecule has 0 bridgehead atoms. The largest absolute Gasteiger partial charge is 3.00 e. The van der Waals surface area contributed by atoms with Crippen molar-refractivity contribution in [2.45, 2.75) is 0 Å².